The van der Waals surface area contributed by atoms with E-state index in [4.69, 9.17) is 9.47 Å². The molecule has 1 unspecified atom stereocenters. The van der Waals surface area contributed by atoms with Gasteiger partial charge in [-0.2, -0.15) is 0 Å². The Morgan fingerprint density at radius 3 is 2.43 bits per heavy atom. The second-order valence-electron chi connectivity index (χ2n) is 7.13. The molecule has 0 radical (unpaired) electrons. The zero-order chi connectivity index (χ0) is 21.0. The maximum absolute atomic E-state index is 12.3. The first-order valence-corrected chi connectivity index (χ1v) is 9.11. The predicted molar refractivity (Wildman–Crippen MR) is 102 cm³/mol. The van der Waals surface area contributed by atoms with Crippen LogP contribution >= 0.6 is 0 Å². The van der Waals surface area contributed by atoms with Crippen LogP contribution in [0.15, 0.2) is 30.3 Å². The largest absolute Gasteiger partial charge is 0.460 e. The summed E-state index contributed by atoms with van der Waals surface area (Å²) >= 11 is 0. The van der Waals surface area contributed by atoms with Crippen LogP contribution in [-0.2, 0) is 30.5 Å². The van der Waals surface area contributed by atoms with Crippen molar-refractivity contribution in [2.75, 3.05) is 6.54 Å². The van der Waals surface area contributed by atoms with E-state index >= 15 is 0 Å². The normalized spacial score (nSPS) is 11.8. The molecule has 1 aromatic rings. The lowest BCUT2D eigenvalue weighted by atomic mass is 10.1. The molecule has 0 saturated heterocycles. The summed E-state index contributed by atoms with van der Waals surface area (Å²) in [6.07, 6.45) is 0.0497. The fourth-order valence-electron chi connectivity index (χ4n) is 2.21. The maximum atomic E-state index is 12.3. The van der Waals surface area contributed by atoms with E-state index in [1.54, 1.807) is 32.9 Å². The molecule has 0 aliphatic carbocycles. The summed E-state index contributed by atoms with van der Waals surface area (Å²) in [6.45, 7) is 5.43. The summed E-state index contributed by atoms with van der Waals surface area (Å²) in [4.78, 5) is 46.6. The van der Waals surface area contributed by atoms with Gasteiger partial charge in [-0.25, -0.2) is 4.79 Å². The molecule has 8 nitrogen and oxygen atoms in total. The van der Waals surface area contributed by atoms with E-state index in [1.165, 1.54) is 0 Å². The summed E-state index contributed by atoms with van der Waals surface area (Å²) < 4.78 is 10.3. The second kappa shape index (κ2) is 11.7. The number of hydrogen-bond acceptors (Lipinski definition) is 6. The van der Waals surface area contributed by atoms with Crippen LogP contribution in [0, 0.1) is 0 Å². The lowest BCUT2D eigenvalue weighted by molar-refractivity contribution is -0.155. The molecule has 154 valence electrons. The smallest absolute Gasteiger partial charge is 0.408 e. The average molecular weight is 392 g/mol. The Morgan fingerprint density at radius 1 is 1.14 bits per heavy atom. The lowest BCUT2D eigenvalue weighted by Gasteiger charge is -2.21. The number of alkyl carbamates (subject to hydrolysis) is 1. The van der Waals surface area contributed by atoms with E-state index in [-0.39, 0.29) is 32.4 Å². The van der Waals surface area contributed by atoms with Gasteiger partial charge in [0.05, 0.1) is 0 Å². The van der Waals surface area contributed by atoms with E-state index < -0.39 is 29.6 Å². The average Bonchev–Trinajstić information content (AvgIpc) is 2.63. The highest BCUT2D eigenvalue weighted by Crippen LogP contribution is 2.10. The second-order valence-corrected chi connectivity index (χ2v) is 7.13. The van der Waals surface area contributed by atoms with Crippen LogP contribution in [0.25, 0.3) is 0 Å². The predicted octanol–water partition coefficient (Wildman–Crippen LogP) is 2.11. The van der Waals surface area contributed by atoms with Crippen LogP contribution in [0.4, 0.5) is 4.79 Å². The summed E-state index contributed by atoms with van der Waals surface area (Å²) in [5, 5.41) is 5.01. The molecular weight excluding hydrogens is 364 g/mol. The summed E-state index contributed by atoms with van der Waals surface area (Å²) in [5.41, 5.74) is 0.166. The van der Waals surface area contributed by atoms with Gasteiger partial charge in [0.1, 0.15) is 24.5 Å². The van der Waals surface area contributed by atoms with Gasteiger partial charge in [-0.05, 0) is 32.8 Å². The fraction of sp³-hybridized carbons (Fsp3) is 0.500. The summed E-state index contributed by atoms with van der Waals surface area (Å²) in [7, 11) is 0. The molecule has 2 N–H and O–H groups in total. The molecule has 1 rings (SSSR count). The number of aldehydes is 1. The quantitative estimate of drug-likeness (QED) is 0.358. The van der Waals surface area contributed by atoms with Crippen molar-refractivity contribution < 1.29 is 28.7 Å². The highest BCUT2D eigenvalue weighted by atomic mass is 16.6. The monoisotopic (exact) mass is 392 g/mol. The van der Waals surface area contributed by atoms with Crippen molar-refractivity contribution in [3.05, 3.63) is 35.9 Å². The van der Waals surface area contributed by atoms with Crippen molar-refractivity contribution >= 4 is 24.3 Å². The molecule has 1 atom stereocenters. The third kappa shape index (κ3) is 10.3. The Bertz CT molecular complexity index is 654. The van der Waals surface area contributed by atoms with Crippen molar-refractivity contribution in [3.8, 4) is 0 Å². The minimum absolute atomic E-state index is 0.0439. The van der Waals surface area contributed by atoms with E-state index in [0.29, 0.717) is 6.29 Å². The Kier molecular flexibility index (Phi) is 9.70. The van der Waals surface area contributed by atoms with Crippen molar-refractivity contribution in [2.45, 2.75) is 58.3 Å². The Labute approximate surface area is 165 Å². The molecular formula is C20H28N2O6. The SMILES string of the molecule is CC(C)(C)OC(=O)CCC(NC(=O)OCc1ccccc1)C(=O)NCCC=O. The van der Waals surface area contributed by atoms with Gasteiger partial charge in [-0.15, -0.1) is 0 Å². The minimum atomic E-state index is -0.984. The molecule has 0 aliphatic heterocycles. The number of hydrogen-bond donors (Lipinski definition) is 2. The third-order valence-electron chi connectivity index (χ3n) is 3.44. The molecule has 0 aromatic heterocycles. The van der Waals surface area contributed by atoms with Crippen LogP contribution in [0.2, 0.25) is 0 Å². The van der Waals surface area contributed by atoms with Crippen molar-refractivity contribution in [1.82, 2.24) is 10.6 Å². The van der Waals surface area contributed by atoms with Crippen LogP contribution in [0.5, 0.6) is 0 Å². The third-order valence-corrected chi connectivity index (χ3v) is 3.44. The Balaban J connectivity index is 2.60. The van der Waals surface area contributed by atoms with Crippen molar-refractivity contribution in [3.63, 3.8) is 0 Å². The first-order valence-electron chi connectivity index (χ1n) is 9.11. The number of carbonyl (C=O) groups is 4. The van der Waals surface area contributed by atoms with Crippen LogP contribution in [-0.4, -0.2) is 42.4 Å². The molecule has 8 heteroatoms. The standard InChI is InChI=1S/C20H28N2O6/c1-20(2,3)28-17(24)11-10-16(18(25)21-12-7-13-23)22-19(26)27-14-15-8-5-4-6-9-15/h4-6,8-9,13,16H,7,10-12,14H2,1-3H3,(H,21,25)(H,22,26). The number of rotatable bonds is 10. The Morgan fingerprint density at radius 2 is 1.82 bits per heavy atom. The summed E-state index contributed by atoms with van der Waals surface area (Å²) in [6, 6.07) is 8.11. The number of ether oxygens (including phenoxy) is 2. The Hall–Kier alpha value is -2.90. The fourth-order valence-corrected chi connectivity index (χ4v) is 2.21. The summed E-state index contributed by atoms with van der Waals surface area (Å²) in [5.74, 6) is -0.972. The van der Waals surface area contributed by atoms with Gasteiger partial charge in [-0.3, -0.25) is 9.59 Å². The molecule has 1 aromatic carbocycles. The van der Waals surface area contributed by atoms with Crippen molar-refractivity contribution in [1.29, 1.82) is 0 Å². The first-order chi connectivity index (χ1) is 13.2. The van der Waals surface area contributed by atoms with Gasteiger partial charge in [0.15, 0.2) is 0 Å². The maximum Gasteiger partial charge on any atom is 0.408 e. The lowest BCUT2D eigenvalue weighted by Crippen LogP contribution is -2.47. The minimum Gasteiger partial charge on any atom is -0.460 e. The molecule has 0 spiro atoms. The zero-order valence-corrected chi connectivity index (χ0v) is 16.5. The van der Waals surface area contributed by atoms with Gasteiger partial charge in [0.25, 0.3) is 0 Å². The number of amides is 2. The molecule has 0 fully saturated rings. The molecule has 0 aliphatic rings. The van der Waals surface area contributed by atoms with Gasteiger partial charge >= 0.3 is 12.1 Å². The number of esters is 1. The zero-order valence-electron chi connectivity index (χ0n) is 16.5. The number of benzene rings is 1. The van der Waals surface area contributed by atoms with E-state index in [9.17, 15) is 19.2 Å². The van der Waals surface area contributed by atoms with Crippen LogP contribution < -0.4 is 10.6 Å². The number of carbonyl (C=O) groups excluding carboxylic acids is 4. The van der Waals surface area contributed by atoms with E-state index in [1.807, 2.05) is 18.2 Å². The van der Waals surface area contributed by atoms with Gasteiger partial charge in [-0.1, -0.05) is 30.3 Å². The van der Waals surface area contributed by atoms with Gasteiger partial charge < -0.3 is 24.9 Å². The molecule has 0 bridgehead atoms. The van der Waals surface area contributed by atoms with Gasteiger partial charge in [0.2, 0.25) is 5.91 Å². The highest BCUT2D eigenvalue weighted by molar-refractivity contribution is 5.86. The number of nitrogens with one attached hydrogen (secondary N) is 2. The van der Waals surface area contributed by atoms with E-state index in [2.05, 4.69) is 10.6 Å². The molecule has 2 amide bonds. The molecule has 0 saturated carbocycles. The first kappa shape index (κ1) is 23.1. The molecule has 0 heterocycles. The highest BCUT2D eigenvalue weighted by Gasteiger charge is 2.24. The van der Waals surface area contributed by atoms with Crippen LogP contribution in [0.1, 0.15) is 45.6 Å². The van der Waals surface area contributed by atoms with Crippen molar-refractivity contribution in [2.24, 2.45) is 0 Å². The van der Waals surface area contributed by atoms with Crippen LogP contribution in [0.3, 0.4) is 0 Å². The topological polar surface area (TPSA) is 111 Å². The molecule has 28 heavy (non-hydrogen) atoms. The van der Waals surface area contributed by atoms with E-state index in [0.717, 1.165) is 5.56 Å². The van der Waals surface area contributed by atoms with Gasteiger partial charge in [0, 0.05) is 19.4 Å².